The van der Waals surface area contributed by atoms with Crippen LogP contribution in [0.2, 0.25) is 0 Å². The van der Waals surface area contributed by atoms with Gasteiger partial charge < -0.3 is 5.11 Å². The molecule has 1 atom stereocenters. The average Bonchev–Trinajstić information content (AvgIpc) is 2.48. The van der Waals surface area contributed by atoms with Crippen LogP contribution in [-0.4, -0.2) is 25.0 Å². The molecule has 0 aliphatic carbocycles. The minimum Gasteiger partial charge on any atom is -0.384 e. The van der Waals surface area contributed by atoms with Gasteiger partial charge in [0.05, 0.1) is 17.1 Å². The molecule has 1 unspecified atom stereocenters. The summed E-state index contributed by atoms with van der Waals surface area (Å²) >= 11 is 0. The molecule has 1 aromatic rings. The first-order chi connectivity index (χ1) is 7.75. The summed E-state index contributed by atoms with van der Waals surface area (Å²) in [4.78, 5) is 0. The lowest BCUT2D eigenvalue weighted by Gasteiger charge is -2.23. The first kappa shape index (κ1) is 12.4. The van der Waals surface area contributed by atoms with Gasteiger partial charge in [-0.25, -0.2) is 17.2 Å². The van der Waals surface area contributed by atoms with Crippen molar-refractivity contribution < 1.29 is 22.3 Å². The van der Waals surface area contributed by atoms with Gasteiger partial charge in [-0.15, -0.1) is 0 Å². The van der Waals surface area contributed by atoms with Crippen LogP contribution in [0, 0.1) is 18.6 Å². The third kappa shape index (κ3) is 2.07. The fraction of sp³-hybridized carbons (Fsp3) is 0.455. The minimum atomic E-state index is -3.43. The molecule has 1 saturated heterocycles. The second-order valence-corrected chi connectivity index (χ2v) is 6.61. The number of hydrogen-bond donors (Lipinski definition) is 1. The van der Waals surface area contributed by atoms with Gasteiger partial charge in [0.1, 0.15) is 17.2 Å². The third-order valence-corrected chi connectivity index (χ3v) is 4.78. The Bertz CT molecular complexity index is 568. The molecular weight excluding hydrogens is 250 g/mol. The van der Waals surface area contributed by atoms with Crippen molar-refractivity contribution in [1.29, 1.82) is 0 Å². The Kier molecular flexibility index (Phi) is 2.74. The van der Waals surface area contributed by atoms with Gasteiger partial charge in [0.2, 0.25) is 0 Å². The summed E-state index contributed by atoms with van der Waals surface area (Å²) in [5, 5.41) is 10.1. The molecule has 1 aliphatic heterocycles. The molecule has 6 heteroatoms. The molecule has 0 spiro atoms. The Morgan fingerprint density at radius 2 is 2.00 bits per heavy atom. The molecule has 0 amide bonds. The van der Waals surface area contributed by atoms with Gasteiger partial charge in [0.25, 0.3) is 0 Å². The molecule has 2 rings (SSSR count). The Morgan fingerprint density at radius 1 is 1.35 bits per heavy atom. The summed E-state index contributed by atoms with van der Waals surface area (Å²) in [6.07, 6.45) is -0.174. The lowest BCUT2D eigenvalue weighted by molar-refractivity contribution is 0.0571. The van der Waals surface area contributed by atoms with E-state index in [-0.39, 0.29) is 17.7 Å². The van der Waals surface area contributed by atoms with E-state index in [1.165, 1.54) is 13.0 Å². The van der Waals surface area contributed by atoms with Gasteiger partial charge >= 0.3 is 0 Å². The number of hydrogen-bond acceptors (Lipinski definition) is 3. The van der Waals surface area contributed by atoms with Crippen molar-refractivity contribution >= 4 is 9.84 Å². The molecule has 0 aromatic heterocycles. The molecule has 0 bridgehead atoms. The maximum atomic E-state index is 13.8. The van der Waals surface area contributed by atoms with E-state index in [0.717, 1.165) is 6.07 Å². The molecule has 1 aromatic carbocycles. The molecule has 0 radical (unpaired) electrons. The second kappa shape index (κ2) is 3.74. The van der Waals surface area contributed by atoms with Gasteiger partial charge in [-0.05, 0) is 25.0 Å². The van der Waals surface area contributed by atoms with Crippen LogP contribution in [0.4, 0.5) is 8.78 Å². The maximum Gasteiger partial charge on any atom is 0.153 e. The quantitative estimate of drug-likeness (QED) is 0.829. The standard InChI is InChI=1S/C11H12F2O3S/c1-7-2-3-8(12)9(10(7)13)11(14)4-5-17(15,16)6-11/h2-3,14H,4-6H2,1H3. The van der Waals surface area contributed by atoms with Crippen molar-refractivity contribution in [3.63, 3.8) is 0 Å². The van der Waals surface area contributed by atoms with E-state index in [1.807, 2.05) is 0 Å². The van der Waals surface area contributed by atoms with Crippen LogP contribution in [0.3, 0.4) is 0 Å². The summed E-state index contributed by atoms with van der Waals surface area (Å²) in [5.41, 5.74) is -2.29. The van der Waals surface area contributed by atoms with Crippen molar-refractivity contribution in [2.45, 2.75) is 18.9 Å². The van der Waals surface area contributed by atoms with E-state index in [2.05, 4.69) is 0 Å². The number of rotatable bonds is 1. The fourth-order valence-corrected chi connectivity index (χ4v) is 3.92. The highest BCUT2D eigenvalue weighted by Gasteiger charge is 2.45. The topological polar surface area (TPSA) is 54.4 Å². The van der Waals surface area contributed by atoms with Gasteiger partial charge in [-0.2, -0.15) is 0 Å². The molecule has 94 valence electrons. The van der Waals surface area contributed by atoms with E-state index >= 15 is 0 Å². The first-order valence-corrected chi connectivity index (χ1v) is 6.95. The summed E-state index contributed by atoms with van der Waals surface area (Å²) in [7, 11) is -3.43. The van der Waals surface area contributed by atoms with Gasteiger partial charge in [0, 0.05) is 0 Å². The van der Waals surface area contributed by atoms with Crippen LogP contribution in [0.5, 0.6) is 0 Å². The predicted molar refractivity (Wildman–Crippen MR) is 58.3 cm³/mol. The number of aryl methyl sites for hydroxylation is 1. The minimum absolute atomic E-state index is 0.174. The van der Waals surface area contributed by atoms with Crippen molar-refractivity contribution in [1.82, 2.24) is 0 Å². The van der Waals surface area contributed by atoms with Crippen molar-refractivity contribution in [3.8, 4) is 0 Å². The third-order valence-electron chi connectivity index (χ3n) is 3.03. The maximum absolute atomic E-state index is 13.8. The Labute approximate surface area is 98.0 Å². The predicted octanol–water partition coefficient (Wildman–Crippen LogP) is 1.28. The molecular formula is C11H12F2O3S. The zero-order valence-corrected chi connectivity index (χ0v) is 10.0. The number of halogens is 2. The zero-order valence-electron chi connectivity index (χ0n) is 9.20. The normalized spacial score (nSPS) is 27.3. The SMILES string of the molecule is Cc1ccc(F)c(C2(O)CCS(=O)(=O)C2)c1F. The van der Waals surface area contributed by atoms with Crippen LogP contribution in [0.25, 0.3) is 0 Å². The molecule has 1 heterocycles. The molecule has 1 aliphatic rings. The Morgan fingerprint density at radius 3 is 2.53 bits per heavy atom. The summed E-state index contributed by atoms with van der Waals surface area (Å²) in [6, 6.07) is 2.29. The number of benzene rings is 1. The van der Waals surface area contributed by atoms with Gasteiger partial charge in [-0.3, -0.25) is 0 Å². The van der Waals surface area contributed by atoms with Crippen LogP contribution >= 0.6 is 0 Å². The number of aliphatic hydroxyl groups is 1. The summed E-state index contributed by atoms with van der Waals surface area (Å²) in [5.74, 6) is -2.66. The van der Waals surface area contributed by atoms with Crippen molar-refractivity contribution in [2.24, 2.45) is 0 Å². The highest BCUT2D eigenvalue weighted by Crippen LogP contribution is 2.37. The van der Waals surface area contributed by atoms with Gasteiger partial charge in [0.15, 0.2) is 9.84 Å². The molecule has 3 nitrogen and oxygen atoms in total. The first-order valence-electron chi connectivity index (χ1n) is 5.13. The monoisotopic (exact) mass is 262 g/mol. The second-order valence-electron chi connectivity index (χ2n) is 4.43. The van der Waals surface area contributed by atoms with E-state index < -0.39 is 38.4 Å². The molecule has 17 heavy (non-hydrogen) atoms. The van der Waals surface area contributed by atoms with Crippen LogP contribution in [0.15, 0.2) is 12.1 Å². The summed E-state index contributed by atoms with van der Waals surface area (Å²) in [6.45, 7) is 1.44. The Balaban J connectivity index is 2.59. The number of sulfone groups is 1. The molecule has 0 saturated carbocycles. The van der Waals surface area contributed by atoms with Gasteiger partial charge in [-0.1, -0.05) is 6.07 Å². The molecule has 1 N–H and O–H groups in total. The van der Waals surface area contributed by atoms with Crippen LogP contribution < -0.4 is 0 Å². The van der Waals surface area contributed by atoms with E-state index in [4.69, 9.17) is 0 Å². The van der Waals surface area contributed by atoms with Crippen LogP contribution in [-0.2, 0) is 15.4 Å². The largest absolute Gasteiger partial charge is 0.384 e. The van der Waals surface area contributed by atoms with E-state index in [9.17, 15) is 22.3 Å². The summed E-state index contributed by atoms with van der Waals surface area (Å²) < 4.78 is 50.0. The van der Waals surface area contributed by atoms with E-state index in [1.54, 1.807) is 0 Å². The lowest BCUT2D eigenvalue weighted by atomic mass is 9.91. The van der Waals surface area contributed by atoms with Crippen molar-refractivity contribution in [2.75, 3.05) is 11.5 Å². The zero-order chi connectivity index (χ0) is 12.8. The molecule has 1 fully saturated rings. The Hall–Kier alpha value is -1.01. The van der Waals surface area contributed by atoms with E-state index in [0.29, 0.717) is 0 Å². The van der Waals surface area contributed by atoms with Crippen molar-refractivity contribution in [3.05, 3.63) is 34.9 Å². The fourth-order valence-electron chi connectivity index (χ4n) is 2.11. The average molecular weight is 262 g/mol. The smallest absolute Gasteiger partial charge is 0.153 e. The highest BCUT2D eigenvalue weighted by atomic mass is 32.2. The highest BCUT2D eigenvalue weighted by molar-refractivity contribution is 7.91. The lowest BCUT2D eigenvalue weighted by Crippen LogP contribution is -2.30. The van der Waals surface area contributed by atoms with Crippen LogP contribution in [0.1, 0.15) is 17.5 Å².